The predicted molar refractivity (Wildman–Crippen MR) is 68.1 cm³/mol. The van der Waals surface area contributed by atoms with Gasteiger partial charge in [-0.05, 0) is 24.6 Å². The van der Waals surface area contributed by atoms with E-state index in [-0.39, 0.29) is 12.4 Å². The largest absolute Gasteiger partial charge is 0.459 e. The van der Waals surface area contributed by atoms with E-state index in [2.05, 4.69) is 10.1 Å². The molecule has 0 heterocycles. The van der Waals surface area contributed by atoms with Gasteiger partial charge in [0.1, 0.15) is 0 Å². The average molecular weight is 282 g/mol. The van der Waals surface area contributed by atoms with Gasteiger partial charge in [0.05, 0.1) is 12.6 Å². The second-order valence-corrected chi connectivity index (χ2v) is 4.55. The third-order valence-corrected chi connectivity index (χ3v) is 3.08. The lowest BCUT2D eigenvalue weighted by Gasteiger charge is -2.09. The lowest BCUT2D eigenvalue weighted by atomic mass is 10.1. The van der Waals surface area contributed by atoms with Crippen LogP contribution in [0.5, 0.6) is 0 Å². The second kappa shape index (κ2) is 5.40. The van der Waals surface area contributed by atoms with Crippen LogP contribution in [0.2, 0.25) is 5.02 Å². The fourth-order valence-corrected chi connectivity index (χ4v) is 2.16. The molecule has 0 fully saturated rings. The average Bonchev–Trinajstić information content (AvgIpc) is 2.67. The number of hydrogen-bond acceptors (Lipinski definition) is 4. The maximum Gasteiger partial charge on any atom is 0.396 e. The van der Waals surface area contributed by atoms with Crippen LogP contribution in [0, 0.1) is 0 Å². The summed E-state index contributed by atoms with van der Waals surface area (Å²) in [4.78, 5) is 34.7. The highest BCUT2D eigenvalue weighted by molar-refractivity contribution is 6.33. The van der Waals surface area contributed by atoms with Crippen molar-refractivity contribution in [2.24, 2.45) is 0 Å². The summed E-state index contributed by atoms with van der Waals surface area (Å²) in [5.41, 5.74) is 1.30. The highest BCUT2D eigenvalue weighted by Crippen LogP contribution is 2.25. The number of carbonyl (C=O) groups excluding carboxylic acids is 3. The summed E-state index contributed by atoms with van der Waals surface area (Å²) in [6.45, 7) is 1.71. The van der Waals surface area contributed by atoms with Crippen molar-refractivity contribution >= 4 is 29.3 Å². The maximum atomic E-state index is 12.0. The molecule has 1 aromatic rings. The van der Waals surface area contributed by atoms with Crippen LogP contribution in [-0.4, -0.2) is 30.3 Å². The van der Waals surface area contributed by atoms with Gasteiger partial charge in [0.2, 0.25) is 0 Å². The molecule has 0 saturated heterocycles. The first-order valence-electron chi connectivity index (χ1n) is 5.83. The monoisotopic (exact) mass is 281 g/mol. The molecule has 1 unspecified atom stereocenters. The third-order valence-electron chi connectivity index (χ3n) is 2.84. The molecule has 0 spiro atoms. The third kappa shape index (κ3) is 2.76. The first kappa shape index (κ1) is 13.5. The smallest absolute Gasteiger partial charge is 0.396 e. The Morgan fingerprint density at radius 2 is 2.21 bits per heavy atom. The normalized spacial score (nSPS) is 16.9. The molecule has 100 valence electrons. The standard InChI is InChI=1S/C13H12ClNO4/c1-2-19-13(18)12(17)15-10-5-7-3-4-8(14)6-9(7)11(10)16/h3-4,6,10H,2,5H2,1H3,(H,15,17). The molecular formula is C13H12ClNO4. The fourth-order valence-electron chi connectivity index (χ4n) is 1.99. The zero-order valence-electron chi connectivity index (χ0n) is 10.2. The molecule has 1 aliphatic rings. The van der Waals surface area contributed by atoms with Gasteiger partial charge >= 0.3 is 11.9 Å². The van der Waals surface area contributed by atoms with Gasteiger partial charge in [-0.2, -0.15) is 0 Å². The number of ketones is 1. The van der Waals surface area contributed by atoms with Crippen LogP contribution in [-0.2, 0) is 20.7 Å². The van der Waals surface area contributed by atoms with Crippen molar-refractivity contribution in [1.82, 2.24) is 5.32 Å². The Balaban J connectivity index is 2.08. The minimum absolute atomic E-state index is 0.112. The molecule has 0 aromatic heterocycles. The summed E-state index contributed by atoms with van der Waals surface area (Å²) in [6.07, 6.45) is 0.358. The Morgan fingerprint density at radius 1 is 1.47 bits per heavy atom. The molecule has 1 aliphatic carbocycles. The summed E-state index contributed by atoms with van der Waals surface area (Å²) < 4.78 is 4.56. The maximum absolute atomic E-state index is 12.0. The number of fused-ring (bicyclic) bond motifs is 1. The van der Waals surface area contributed by atoms with Crippen LogP contribution < -0.4 is 5.32 Å². The van der Waals surface area contributed by atoms with E-state index in [1.807, 2.05) is 0 Å². The number of nitrogens with one attached hydrogen (secondary N) is 1. The molecule has 1 atom stereocenters. The van der Waals surface area contributed by atoms with Crippen molar-refractivity contribution < 1.29 is 19.1 Å². The lowest BCUT2D eigenvalue weighted by molar-refractivity contribution is -0.154. The van der Waals surface area contributed by atoms with Gasteiger partial charge in [0.25, 0.3) is 0 Å². The van der Waals surface area contributed by atoms with Gasteiger partial charge in [0, 0.05) is 17.0 Å². The van der Waals surface area contributed by atoms with Gasteiger partial charge in [-0.15, -0.1) is 0 Å². The van der Waals surface area contributed by atoms with Crippen LogP contribution in [0.25, 0.3) is 0 Å². The van der Waals surface area contributed by atoms with E-state index in [0.29, 0.717) is 17.0 Å². The topological polar surface area (TPSA) is 72.5 Å². The van der Waals surface area contributed by atoms with E-state index in [1.165, 1.54) is 0 Å². The van der Waals surface area contributed by atoms with E-state index >= 15 is 0 Å². The fraction of sp³-hybridized carbons (Fsp3) is 0.308. The van der Waals surface area contributed by atoms with Crippen molar-refractivity contribution in [2.75, 3.05) is 6.61 Å². The molecule has 0 aliphatic heterocycles. The molecule has 2 rings (SSSR count). The minimum Gasteiger partial charge on any atom is -0.459 e. The summed E-state index contributed by atoms with van der Waals surface area (Å²) in [5.74, 6) is -2.13. The molecule has 1 N–H and O–H groups in total. The number of rotatable bonds is 2. The second-order valence-electron chi connectivity index (χ2n) is 4.12. The zero-order chi connectivity index (χ0) is 14.0. The highest BCUT2D eigenvalue weighted by atomic mass is 35.5. The van der Waals surface area contributed by atoms with Gasteiger partial charge in [0.15, 0.2) is 5.78 Å². The number of hydrogen-bond donors (Lipinski definition) is 1. The first-order valence-corrected chi connectivity index (χ1v) is 6.21. The zero-order valence-corrected chi connectivity index (χ0v) is 11.0. The number of Topliss-reactive ketones (excluding diaryl/α,β-unsaturated/α-hetero) is 1. The number of amides is 1. The molecule has 0 radical (unpaired) electrons. The van der Waals surface area contributed by atoms with Gasteiger partial charge in [-0.3, -0.25) is 9.59 Å². The first-order chi connectivity index (χ1) is 9.02. The molecule has 0 bridgehead atoms. The Kier molecular flexibility index (Phi) is 3.85. The molecule has 0 saturated carbocycles. The summed E-state index contributed by atoms with van der Waals surface area (Å²) >= 11 is 5.82. The minimum atomic E-state index is -0.982. The summed E-state index contributed by atoms with van der Waals surface area (Å²) in [6, 6.07) is 4.26. The molecule has 1 amide bonds. The number of esters is 1. The van der Waals surface area contributed by atoms with Crippen molar-refractivity contribution in [3.8, 4) is 0 Å². The number of ether oxygens (including phenoxy) is 1. The molecule has 19 heavy (non-hydrogen) atoms. The van der Waals surface area contributed by atoms with Crippen molar-refractivity contribution in [2.45, 2.75) is 19.4 Å². The van der Waals surface area contributed by atoms with E-state index < -0.39 is 17.9 Å². The van der Waals surface area contributed by atoms with E-state index in [1.54, 1.807) is 25.1 Å². The Bertz CT molecular complexity index is 556. The summed E-state index contributed by atoms with van der Waals surface area (Å²) in [5, 5.41) is 2.84. The quantitative estimate of drug-likeness (QED) is 0.651. The van der Waals surface area contributed by atoms with E-state index in [9.17, 15) is 14.4 Å². The Morgan fingerprint density at radius 3 is 2.89 bits per heavy atom. The molecule has 5 nitrogen and oxygen atoms in total. The Labute approximate surface area is 114 Å². The SMILES string of the molecule is CCOC(=O)C(=O)NC1Cc2ccc(Cl)cc2C1=O. The van der Waals surface area contributed by atoms with Crippen LogP contribution in [0.4, 0.5) is 0 Å². The van der Waals surface area contributed by atoms with Gasteiger partial charge < -0.3 is 10.1 Å². The molecule has 1 aromatic carbocycles. The number of carbonyl (C=O) groups is 3. The van der Waals surface area contributed by atoms with Crippen molar-refractivity contribution in [1.29, 1.82) is 0 Å². The summed E-state index contributed by atoms with van der Waals surface area (Å²) in [7, 11) is 0. The van der Waals surface area contributed by atoms with Gasteiger partial charge in [-0.25, -0.2) is 4.79 Å². The van der Waals surface area contributed by atoms with Crippen molar-refractivity contribution in [3.05, 3.63) is 34.3 Å². The number of halogens is 1. The predicted octanol–water partition coefficient (Wildman–Crippen LogP) is 1.13. The van der Waals surface area contributed by atoms with E-state index in [4.69, 9.17) is 11.6 Å². The van der Waals surface area contributed by atoms with Crippen LogP contribution in [0.1, 0.15) is 22.8 Å². The number of benzene rings is 1. The molecule has 6 heteroatoms. The Hall–Kier alpha value is -1.88. The van der Waals surface area contributed by atoms with Crippen LogP contribution >= 0.6 is 11.6 Å². The van der Waals surface area contributed by atoms with Gasteiger partial charge in [-0.1, -0.05) is 17.7 Å². The van der Waals surface area contributed by atoms with Crippen molar-refractivity contribution in [3.63, 3.8) is 0 Å². The molecular weight excluding hydrogens is 270 g/mol. The van der Waals surface area contributed by atoms with E-state index in [0.717, 1.165) is 5.56 Å². The highest BCUT2D eigenvalue weighted by Gasteiger charge is 2.33. The lowest BCUT2D eigenvalue weighted by Crippen LogP contribution is -2.43. The van der Waals surface area contributed by atoms with Crippen LogP contribution in [0.3, 0.4) is 0 Å². The van der Waals surface area contributed by atoms with Crippen LogP contribution in [0.15, 0.2) is 18.2 Å².